The molecule has 1 aliphatic rings. The Labute approximate surface area is 327 Å². The van der Waals surface area contributed by atoms with Gasteiger partial charge in [0.25, 0.3) is 5.91 Å². The number of nitrogens with two attached hydrogens (primary N) is 1. The van der Waals surface area contributed by atoms with Gasteiger partial charge in [-0.2, -0.15) is 5.10 Å². The molecule has 1 fully saturated rings. The first-order valence-corrected chi connectivity index (χ1v) is 19.0. The van der Waals surface area contributed by atoms with Crippen molar-refractivity contribution in [3.05, 3.63) is 29.6 Å². The fourth-order valence-corrected chi connectivity index (χ4v) is 6.11. The van der Waals surface area contributed by atoms with E-state index in [4.69, 9.17) is 20.2 Å². The molecule has 1 aliphatic heterocycles. The van der Waals surface area contributed by atoms with Gasteiger partial charge in [-0.05, 0) is 49.8 Å². The number of hydrazone groups is 1. The van der Waals surface area contributed by atoms with Crippen LogP contribution in [0.15, 0.2) is 28.2 Å². The molecule has 56 heavy (non-hydrogen) atoms. The van der Waals surface area contributed by atoms with Crippen LogP contribution in [0.3, 0.4) is 0 Å². The van der Waals surface area contributed by atoms with Crippen LogP contribution in [0.25, 0.3) is 0 Å². The third kappa shape index (κ3) is 16.6. The lowest BCUT2D eigenvalue weighted by Crippen LogP contribution is -2.55. The van der Waals surface area contributed by atoms with E-state index in [0.717, 1.165) is 31.3 Å². The number of benzene rings is 1. The molecule has 312 valence electrons. The monoisotopic (exact) mass is 811 g/mol. The first kappa shape index (κ1) is 47.5. The first-order chi connectivity index (χ1) is 26.4. The predicted octanol–water partition coefficient (Wildman–Crippen LogP) is -1.49. The van der Waals surface area contributed by atoms with Crippen LogP contribution in [0.5, 0.6) is 0 Å². The summed E-state index contributed by atoms with van der Waals surface area (Å²) in [6.45, 7) is 8.61. The maximum atomic E-state index is 14.4. The summed E-state index contributed by atoms with van der Waals surface area (Å²) in [4.78, 5) is 78.7. The van der Waals surface area contributed by atoms with E-state index < -0.39 is 82.7 Å². The van der Waals surface area contributed by atoms with Gasteiger partial charge < -0.3 is 47.7 Å². The van der Waals surface area contributed by atoms with Crippen LogP contribution in [-0.4, -0.2) is 138 Å². The predicted molar refractivity (Wildman–Crippen MR) is 203 cm³/mol. The zero-order chi connectivity index (χ0) is 42.0. The third-order valence-corrected chi connectivity index (χ3v) is 9.14. The van der Waals surface area contributed by atoms with Crippen molar-refractivity contribution in [3.63, 3.8) is 0 Å². The second-order valence-electron chi connectivity index (χ2n) is 14.1. The number of amides is 5. The van der Waals surface area contributed by atoms with Crippen LogP contribution in [-0.2, 0) is 44.0 Å². The van der Waals surface area contributed by atoms with E-state index in [9.17, 15) is 42.5 Å². The van der Waals surface area contributed by atoms with Crippen LogP contribution in [0.2, 0.25) is 0 Å². The molecule has 1 heterocycles. The Bertz CT molecular complexity index is 1620. The number of ether oxygens (including phenoxy) is 1. The number of hydrogen-bond acceptors (Lipinski definition) is 14. The largest absolute Gasteiger partial charge is 0.380 e. The standard InChI is InChI=1S/C35H54FN9O10S/c1-21(2)12-27(32(49)35(5,52)20-55-56(53)24-6-7-26(36)25(14-24)33(50)40-16-23(15-37)44-38)42-30(47)18-41-34(51)28(13-22(3)4)43-29(46)17-39-31(48)19-45-8-10-54-11-9-45/h6-7,14-15,21-22,27-28,37,52H,8-13,16-20,38H2,1-5H3,(H,39,48)(H,40,50)(H,41,51)(H,42,47)(H,43,46)/t27-,28-,35?,56?/m0/s1. The van der Waals surface area contributed by atoms with Crippen molar-refractivity contribution >= 4 is 58.3 Å². The normalized spacial score (nSPS) is 16.2. The SMILES string of the molecule is CC(C)C[C@H](NC(=O)CNC(=O)CN1CCOCC1)C(=O)NCC(=O)N[C@@H](CC(C)C)C(=O)C(C)(O)COS(=O)c1ccc(F)c(C(=O)NCC(C=N)=NN)c1. The second-order valence-corrected chi connectivity index (χ2v) is 15.3. The van der Waals surface area contributed by atoms with Gasteiger partial charge in [0.1, 0.15) is 17.5 Å². The molecular formula is C35H54FN9O10S. The van der Waals surface area contributed by atoms with E-state index in [2.05, 4.69) is 31.7 Å². The Morgan fingerprint density at radius 3 is 2.16 bits per heavy atom. The smallest absolute Gasteiger partial charge is 0.254 e. The van der Waals surface area contributed by atoms with Crippen LogP contribution >= 0.6 is 0 Å². The van der Waals surface area contributed by atoms with Crippen molar-refractivity contribution in [2.75, 3.05) is 59.1 Å². The molecule has 9 N–H and O–H groups in total. The second kappa shape index (κ2) is 23.4. The summed E-state index contributed by atoms with van der Waals surface area (Å²) in [6.07, 6.45) is 1.10. The maximum absolute atomic E-state index is 14.4. The molecule has 21 heteroatoms. The number of halogens is 1. The molecular weight excluding hydrogens is 758 g/mol. The lowest BCUT2D eigenvalue weighted by atomic mass is 9.90. The van der Waals surface area contributed by atoms with Crippen molar-refractivity contribution in [2.45, 2.75) is 70.0 Å². The zero-order valence-corrected chi connectivity index (χ0v) is 33.1. The number of ketones is 1. The van der Waals surface area contributed by atoms with E-state index >= 15 is 0 Å². The number of carbonyl (C=O) groups excluding carboxylic acids is 6. The van der Waals surface area contributed by atoms with Crippen LogP contribution in [0.4, 0.5) is 4.39 Å². The highest BCUT2D eigenvalue weighted by Crippen LogP contribution is 2.19. The van der Waals surface area contributed by atoms with Gasteiger partial charge in [0.05, 0.1) is 68.2 Å². The molecule has 0 aromatic heterocycles. The van der Waals surface area contributed by atoms with Gasteiger partial charge in [-0.15, -0.1) is 0 Å². The fraction of sp³-hybridized carbons (Fsp3) is 0.600. The number of Topliss-reactive ketones (excluding diaryl/α,β-unsaturated/α-hetero) is 1. The number of carbonyl (C=O) groups is 6. The molecule has 0 radical (unpaired) electrons. The minimum atomic E-state index is -2.39. The average molecular weight is 812 g/mol. The summed E-state index contributed by atoms with van der Waals surface area (Å²) < 4.78 is 37.9. The Morgan fingerprint density at radius 2 is 1.57 bits per heavy atom. The van der Waals surface area contributed by atoms with E-state index in [1.807, 2.05) is 18.7 Å². The number of hydrogen-bond donors (Lipinski definition) is 8. The lowest BCUT2D eigenvalue weighted by Gasteiger charge is -2.28. The summed E-state index contributed by atoms with van der Waals surface area (Å²) >= 11 is -2.39. The van der Waals surface area contributed by atoms with Crippen molar-refractivity contribution in [1.82, 2.24) is 31.5 Å². The Hall–Kier alpha value is -4.70. The Morgan fingerprint density at radius 1 is 0.982 bits per heavy atom. The minimum Gasteiger partial charge on any atom is -0.380 e. The average Bonchev–Trinajstić information content (AvgIpc) is 3.14. The van der Waals surface area contributed by atoms with Crippen LogP contribution in [0, 0.1) is 23.1 Å². The van der Waals surface area contributed by atoms with Crippen molar-refractivity contribution in [3.8, 4) is 0 Å². The molecule has 1 aromatic carbocycles. The zero-order valence-electron chi connectivity index (χ0n) is 32.3. The van der Waals surface area contributed by atoms with Crippen molar-refractivity contribution in [1.29, 1.82) is 5.41 Å². The minimum absolute atomic E-state index is 0.00114. The van der Waals surface area contributed by atoms with Crippen molar-refractivity contribution < 1.29 is 51.4 Å². The highest BCUT2D eigenvalue weighted by atomic mass is 32.2. The van der Waals surface area contributed by atoms with Crippen LogP contribution < -0.4 is 32.4 Å². The number of aliphatic hydroxyl groups is 1. The first-order valence-electron chi connectivity index (χ1n) is 18.0. The number of morpholine rings is 1. The topological polar surface area (TPSA) is 284 Å². The molecule has 1 aromatic rings. The third-order valence-electron chi connectivity index (χ3n) is 8.17. The van der Waals surface area contributed by atoms with Gasteiger partial charge in [-0.1, -0.05) is 27.7 Å². The molecule has 19 nitrogen and oxygen atoms in total. The summed E-state index contributed by atoms with van der Waals surface area (Å²) in [5, 5.41) is 33.9. The molecule has 2 rings (SSSR count). The number of nitrogens with one attached hydrogen (secondary N) is 6. The van der Waals surface area contributed by atoms with E-state index in [1.54, 1.807) is 13.8 Å². The number of nitrogens with zero attached hydrogens (tertiary/aromatic N) is 2. The number of rotatable bonds is 23. The Kier molecular flexibility index (Phi) is 19.8. The maximum Gasteiger partial charge on any atom is 0.254 e. The Balaban J connectivity index is 1.99. The lowest BCUT2D eigenvalue weighted by molar-refractivity contribution is -0.143. The quantitative estimate of drug-likeness (QED) is 0.0357. The summed E-state index contributed by atoms with van der Waals surface area (Å²) in [7, 11) is 0. The molecule has 0 bridgehead atoms. The molecule has 5 amide bonds. The molecule has 4 atom stereocenters. The van der Waals surface area contributed by atoms with E-state index in [1.165, 1.54) is 0 Å². The van der Waals surface area contributed by atoms with Gasteiger partial charge in [0.15, 0.2) is 16.9 Å². The molecule has 2 unspecified atom stereocenters. The van der Waals surface area contributed by atoms with Crippen LogP contribution in [0.1, 0.15) is 57.8 Å². The van der Waals surface area contributed by atoms with E-state index in [-0.39, 0.29) is 60.8 Å². The highest BCUT2D eigenvalue weighted by molar-refractivity contribution is 7.80. The highest BCUT2D eigenvalue weighted by Gasteiger charge is 2.38. The summed E-state index contributed by atoms with van der Waals surface area (Å²) in [5.74, 6) is -0.233. The van der Waals surface area contributed by atoms with Gasteiger partial charge in [-0.3, -0.25) is 37.9 Å². The van der Waals surface area contributed by atoms with Gasteiger partial charge in [0.2, 0.25) is 23.6 Å². The molecule has 0 saturated carbocycles. The summed E-state index contributed by atoms with van der Waals surface area (Å²) in [5.41, 5.74) is -2.79. The van der Waals surface area contributed by atoms with Gasteiger partial charge in [-0.25, -0.2) is 8.60 Å². The van der Waals surface area contributed by atoms with Gasteiger partial charge in [0, 0.05) is 19.3 Å². The summed E-state index contributed by atoms with van der Waals surface area (Å²) in [6, 6.07) is 0.629. The molecule has 1 saturated heterocycles. The molecule has 0 spiro atoms. The fourth-order valence-electron chi connectivity index (χ4n) is 5.25. The van der Waals surface area contributed by atoms with Crippen molar-refractivity contribution in [2.24, 2.45) is 22.8 Å². The molecule has 0 aliphatic carbocycles. The van der Waals surface area contributed by atoms with E-state index in [0.29, 0.717) is 26.3 Å². The van der Waals surface area contributed by atoms with Gasteiger partial charge >= 0.3 is 0 Å².